The number of aliphatic hydroxyl groups excluding tert-OH is 1. The van der Waals surface area contributed by atoms with Crippen molar-refractivity contribution < 1.29 is 80.2 Å². The number of ether oxygens (including phenoxy) is 4. The van der Waals surface area contributed by atoms with E-state index in [1.807, 2.05) is 0 Å². The second kappa shape index (κ2) is 55.9. The van der Waals surface area contributed by atoms with Crippen molar-refractivity contribution in [2.24, 2.45) is 5.92 Å². The third kappa shape index (κ3) is 55.7. The quantitative estimate of drug-likeness (QED) is 0.0222. The Labute approximate surface area is 492 Å². The summed E-state index contributed by atoms with van der Waals surface area (Å²) in [5.41, 5.74) is 0. The Morgan fingerprint density at radius 3 is 0.877 bits per heavy atom. The molecule has 0 aliphatic carbocycles. The van der Waals surface area contributed by atoms with Crippen molar-refractivity contribution in [1.82, 2.24) is 0 Å². The van der Waals surface area contributed by atoms with Crippen molar-refractivity contribution in [3.63, 3.8) is 0 Å². The van der Waals surface area contributed by atoms with Gasteiger partial charge in [-0.15, -0.1) is 0 Å². The van der Waals surface area contributed by atoms with Crippen LogP contribution in [-0.2, 0) is 65.4 Å². The fourth-order valence-electron chi connectivity index (χ4n) is 9.20. The minimum Gasteiger partial charge on any atom is -0.462 e. The third-order valence-corrected chi connectivity index (χ3v) is 16.5. The van der Waals surface area contributed by atoms with Crippen LogP contribution in [0.1, 0.15) is 311 Å². The Morgan fingerprint density at radius 1 is 0.346 bits per heavy atom. The van der Waals surface area contributed by atoms with Gasteiger partial charge in [0.05, 0.1) is 26.4 Å². The first kappa shape index (κ1) is 79.1. The summed E-state index contributed by atoms with van der Waals surface area (Å²) in [6, 6.07) is 0. The lowest BCUT2D eigenvalue weighted by atomic mass is 10.00. The molecular formula is C62H120O17P2. The molecule has 0 spiro atoms. The number of unbranched alkanes of at least 4 members (excludes halogenated alkanes) is 33. The van der Waals surface area contributed by atoms with Gasteiger partial charge in [-0.3, -0.25) is 37.3 Å². The molecule has 0 rings (SSSR count). The Bertz CT molecular complexity index is 1590. The SMILES string of the molecule is CCCCCCCCCCCCCCCCC(=O)O[C@H](COC(=O)CCCCCCCCC(C)CC)COP(=O)(O)OC[C@@H](O)COP(=O)(O)OC[C@@H](COC(=O)CCCCCCCCC)OC(=O)CCCCCCCCCCCC. The highest BCUT2D eigenvalue weighted by molar-refractivity contribution is 7.47. The van der Waals surface area contributed by atoms with Crippen molar-refractivity contribution in [1.29, 1.82) is 0 Å². The summed E-state index contributed by atoms with van der Waals surface area (Å²) in [5, 5.41) is 10.5. The van der Waals surface area contributed by atoms with Crippen LogP contribution in [0.15, 0.2) is 0 Å². The van der Waals surface area contributed by atoms with Gasteiger partial charge in [0.1, 0.15) is 19.3 Å². The number of phosphoric acid groups is 2. The summed E-state index contributed by atoms with van der Waals surface area (Å²) >= 11 is 0. The first-order valence-electron chi connectivity index (χ1n) is 32.7. The summed E-state index contributed by atoms with van der Waals surface area (Å²) < 4.78 is 67.8. The highest BCUT2D eigenvalue weighted by atomic mass is 31.2. The smallest absolute Gasteiger partial charge is 0.462 e. The van der Waals surface area contributed by atoms with Crippen LogP contribution >= 0.6 is 15.6 Å². The van der Waals surface area contributed by atoms with E-state index in [0.717, 1.165) is 115 Å². The standard InChI is InChI=1S/C62H120O17P2/c1-6-10-13-16-19-21-23-24-25-26-28-31-38-43-48-62(67)79-58(52-73-60(65)46-41-36-33-32-34-39-44-55(5)9-4)54-77-81(70,71)75-50-56(63)49-74-80(68,69)76-53-57(51-72-59(64)45-40-35-29-18-15-12-8-3)78-61(66)47-42-37-30-27-22-20-17-14-11-7-2/h55-58,63H,6-54H2,1-5H3,(H,68,69)(H,70,71)/t55?,56-,57+,58+/m0/s1. The van der Waals surface area contributed by atoms with E-state index in [4.69, 9.17) is 37.0 Å². The van der Waals surface area contributed by atoms with E-state index in [-0.39, 0.29) is 25.7 Å². The van der Waals surface area contributed by atoms with E-state index in [0.29, 0.717) is 25.7 Å². The first-order chi connectivity index (χ1) is 39.1. The molecule has 0 saturated carbocycles. The van der Waals surface area contributed by atoms with E-state index < -0.39 is 97.5 Å². The van der Waals surface area contributed by atoms with Gasteiger partial charge in [0.15, 0.2) is 12.2 Å². The maximum Gasteiger partial charge on any atom is 0.472 e. The predicted octanol–water partition coefficient (Wildman–Crippen LogP) is 17.0. The molecule has 0 saturated heterocycles. The zero-order chi connectivity index (χ0) is 59.9. The molecule has 19 heteroatoms. The van der Waals surface area contributed by atoms with E-state index in [2.05, 4.69) is 34.6 Å². The molecule has 0 heterocycles. The molecule has 0 aromatic heterocycles. The molecule has 17 nitrogen and oxygen atoms in total. The van der Waals surface area contributed by atoms with Crippen LogP contribution in [0.3, 0.4) is 0 Å². The summed E-state index contributed by atoms with van der Waals surface area (Å²) in [6.07, 6.45) is 39.0. The number of phosphoric ester groups is 2. The predicted molar refractivity (Wildman–Crippen MR) is 322 cm³/mol. The molecule has 0 aliphatic heterocycles. The summed E-state index contributed by atoms with van der Waals surface area (Å²) in [7, 11) is -9.88. The van der Waals surface area contributed by atoms with E-state index in [1.165, 1.54) is 116 Å². The number of hydrogen-bond acceptors (Lipinski definition) is 15. The number of hydrogen-bond donors (Lipinski definition) is 3. The molecule has 0 aromatic rings. The van der Waals surface area contributed by atoms with Gasteiger partial charge in [-0.25, -0.2) is 9.13 Å². The van der Waals surface area contributed by atoms with Crippen LogP contribution in [0.4, 0.5) is 0 Å². The van der Waals surface area contributed by atoms with Gasteiger partial charge in [-0.1, -0.05) is 259 Å². The Hall–Kier alpha value is -1.94. The average Bonchev–Trinajstić information content (AvgIpc) is 3.44. The molecule has 3 unspecified atom stereocenters. The fourth-order valence-corrected chi connectivity index (χ4v) is 10.8. The van der Waals surface area contributed by atoms with Gasteiger partial charge in [-0.2, -0.15) is 0 Å². The Morgan fingerprint density at radius 2 is 0.593 bits per heavy atom. The minimum absolute atomic E-state index is 0.106. The number of aliphatic hydroxyl groups is 1. The minimum atomic E-state index is -4.94. The van der Waals surface area contributed by atoms with E-state index in [1.54, 1.807) is 0 Å². The van der Waals surface area contributed by atoms with Crippen LogP contribution in [0.25, 0.3) is 0 Å². The molecule has 0 aromatic carbocycles. The monoisotopic (exact) mass is 1200 g/mol. The lowest BCUT2D eigenvalue weighted by molar-refractivity contribution is -0.161. The lowest BCUT2D eigenvalue weighted by Gasteiger charge is -2.21. The highest BCUT2D eigenvalue weighted by Crippen LogP contribution is 2.45. The number of esters is 4. The number of carbonyl (C=O) groups is 4. The highest BCUT2D eigenvalue weighted by Gasteiger charge is 2.30. The van der Waals surface area contributed by atoms with Crippen molar-refractivity contribution >= 4 is 39.5 Å². The molecule has 0 bridgehead atoms. The molecule has 0 fully saturated rings. The van der Waals surface area contributed by atoms with Gasteiger partial charge in [-0.05, 0) is 31.6 Å². The van der Waals surface area contributed by atoms with Gasteiger partial charge < -0.3 is 33.8 Å². The number of rotatable bonds is 62. The zero-order valence-electron chi connectivity index (χ0n) is 51.9. The maximum atomic E-state index is 13.0. The molecule has 81 heavy (non-hydrogen) atoms. The second-order valence-electron chi connectivity index (χ2n) is 22.7. The largest absolute Gasteiger partial charge is 0.472 e. The molecular weight excluding hydrogens is 1080 g/mol. The van der Waals surface area contributed by atoms with E-state index in [9.17, 15) is 43.2 Å². The van der Waals surface area contributed by atoms with Crippen molar-refractivity contribution in [2.45, 2.75) is 329 Å². The van der Waals surface area contributed by atoms with Gasteiger partial charge >= 0.3 is 39.5 Å². The van der Waals surface area contributed by atoms with E-state index >= 15 is 0 Å². The summed E-state index contributed by atoms with van der Waals surface area (Å²) in [4.78, 5) is 72.0. The van der Waals surface area contributed by atoms with Crippen LogP contribution in [-0.4, -0.2) is 96.7 Å². The second-order valence-corrected chi connectivity index (χ2v) is 25.6. The van der Waals surface area contributed by atoms with Crippen molar-refractivity contribution in [3.8, 4) is 0 Å². The Kier molecular flexibility index (Phi) is 54.6. The average molecular weight is 1200 g/mol. The Balaban J connectivity index is 5.21. The maximum absolute atomic E-state index is 13.0. The molecule has 0 radical (unpaired) electrons. The van der Waals surface area contributed by atoms with Crippen LogP contribution in [0.5, 0.6) is 0 Å². The topological polar surface area (TPSA) is 237 Å². The van der Waals surface area contributed by atoms with Crippen LogP contribution in [0.2, 0.25) is 0 Å². The number of carbonyl (C=O) groups excluding carboxylic acids is 4. The van der Waals surface area contributed by atoms with Crippen molar-refractivity contribution in [3.05, 3.63) is 0 Å². The van der Waals surface area contributed by atoms with Gasteiger partial charge in [0.25, 0.3) is 0 Å². The van der Waals surface area contributed by atoms with Gasteiger partial charge in [0, 0.05) is 25.7 Å². The van der Waals surface area contributed by atoms with Gasteiger partial charge in [0.2, 0.25) is 0 Å². The molecule has 0 amide bonds. The van der Waals surface area contributed by atoms with Crippen LogP contribution < -0.4 is 0 Å². The molecule has 6 atom stereocenters. The molecule has 0 aliphatic rings. The van der Waals surface area contributed by atoms with Crippen molar-refractivity contribution in [2.75, 3.05) is 39.6 Å². The normalized spacial score (nSPS) is 14.6. The fraction of sp³-hybridized carbons (Fsp3) is 0.935. The first-order valence-corrected chi connectivity index (χ1v) is 35.7. The summed E-state index contributed by atoms with van der Waals surface area (Å²) in [6.45, 7) is 7.10. The zero-order valence-corrected chi connectivity index (χ0v) is 53.7. The summed E-state index contributed by atoms with van der Waals surface area (Å²) in [5.74, 6) is -1.41. The molecule has 480 valence electrons. The third-order valence-electron chi connectivity index (χ3n) is 14.6. The van der Waals surface area contributed by atoms with Crippen LogP contribution in [0, 0.1) is 5.92 Å². The lowest BCUT2D eigenvalue weighted by Crippen LogP contribution is -2.30. The molecule has 3 N–H and O–H groups in total.